The number of methoxy groups -OCH3 is 1. The summed E-state index contributed by atoms with van der Waals surface area (Å²) in [6.45, 7) is 1.81. The summed E-state index contributed by atoms with van der Waals surface area (Å²) in [5, 5.41) is 4.39. The van der Waals surface area contributed by atoms with Gasteiger partial charge in [0.15, 0.2) is 0 Å². The Balaban J connectivity index is 1.71. The Morgan fingerprint density at radius 1 is 1.40 bits per heavy atom. The Labute approximate surface area is 146 Å². The van der Waals surface area contributed by atoms with Gasteiger partial charge in [-0.25, -0.2) is 9.97 Å². The van der Waals surface area contributed by atoms with Crippen molar-refractivity contribution in [2.45, 2.75) is 12.6 Å². The predicted molar refractivity (Wildman–Crippen MR) is 90.4 cm³/mol. The molecule has 3 rings (SSSR count). The molecular formula is C16H22N6O3. The van der Waals surface area contributed by atoms with Gasteiger partial charge in [0.1, 0.15) is 18.8 Å². The zero-order chi connectivity index (χ0) is 17.8. The molecule has 9 nitrogen and oxygen atoms in total. The zero-order valence-corrected chi connectivity index (χ0v) is 14.6. The van der Waals surface area contributed by atoms with E-state index in [0.29, 0.717) is 25.6 Å². The molecular weight excluding hydrogens is 324 g/mol. The normalized spacial score (nSPS) is 16.4. The molecule has 0 N–H and O–H groups in total. The van der Waals surface area contributed by atoms with E-state index >= 15 is 0 Å². The lowest BCUT2D eigenvalue weighted by molar-refractivity contribution is -0.133. The van der Waals surface area contributed by atoms with Crippen LogP contribution < -0.4 is 9.64 Å². The molecule has 0 fully saturated rings. The van der Waals surface area contributed by atoms with Gasteiger partial charge >= 0.3 is 0 Å². The molecule has 9 heteroatoms. The summed E-state index contributed by atoms with van der Waals surface area (Å²) < 4.78 is 12.7. The Morgan fingerprint density at radius 2 is 2.24 bits per heavy atom. The molecule has 1 aliphatic heterocycles. The fourth-order valence-electron chi connectivity index (χ4n) is 2.71. The molecule has 0 saturated carbocycles. The van der Waals surface area contributed by atoms with E-state index in [1.807, 2.05) is 10.7 Å². The summed E-state index contributed by atoms with van der Waals surface area (Å²) in [5.74, 6) is 1.25. The van der Waals surface area contributed by atoms with Gasteiger partial charge in [0.25, 0.3) is 0 Å². The number of likely N-dealkylation sites (N-methyl/N-ethyl adjacent to an activating group) is 1. The number of carbonyl (C=O) groups is 1. The van der Waals surface area contributed by atoms with Gasteiger partial charge in [0.2, 0.25) is 11.8 Å². The Kier molecular flexibility index (Phi) is 5.13. The van der Waals surface area contributed by atoms with Crippen LogP contribution in [0.3, 0.4) is 0 Å². The highest BCUT2D eigenvalue weighted by molar-refractivity contribution is 5.76. The van der Waals surface area contributed by atoms with Gasteiger partial charge in [-0.3, -0.25) is 9.48 Å². The number of amides is 1. The first kappa shape index (κ1) is 17.2. The molecule has 0 aliphatic carbocycles. The Hall–Kier alpha value is -2.68. The Bertz CT molecular complexity index is 732. The number of fused-ring (bicyclic) bond motifs is 1. The topological polar surface area (TPSA) is 85.6 Å². The first-order valence-corrected chi connectivity index (χ1v) is 7.99. The molecule has 2 aromatic rings. The van der Waals surface area contributed by atoms with Crippen LogP contribution in [-0.2, 0) is 16.1 Å². The van der Waals surface area contributed by atoms with Gasteiger partial charge in [0.05, 0.1) is 32.0 Å². The van der Waals surface area contributed by atoms with Crippen molar-refractivity contribution in [1.82, 2.24) is 24.6 Å². The smallest absolute Gasteiger partial charge is 0.248 e. The van der Waals surface area contributed by atoms with Gasteiger partial charge < -0.3 is 19.3 Å². The van der Waals surface area contributed by atoms with Gasteiger partial charge in [-0.1, -0.05) is 0 Å². The summed E-state index contributed by atoms with van der Waals surface area (Å²) in [7, 11) is 5.00. The molecule has 25 heavy (non-hydrogen) atoms. The van der Waals surface area contributed by atoms with E-state index in [4.69, 9.17) is 9.47 Å². The molecule has 1 amide bonds. The number of anilines is 1. The summed E-state index contributed by atoms with van der Waals surface area (Å²) >= 11 is 0. The van der Waals surface area contributed by atoms with Crippen molar-refractivity contribution in [2.75, 3.05) is 45.9 Å². The molecule has 2 aromatic heterocycles. The average Bonchev–Trinajstić information content (AvgIpc) is 3.10. The third kappa shape index (κ3) is 3.87. The molecule has 0 spiro atoms. The van der Waals surface area contributed by atoms with Crippen LogP contribution in [0, 0.1) is 0 Å². The Morgan fingerprint density at radius 3 is 3.00 bits per heavy atom. The summed E-state index contributed by atoms with van der Waals surface area (Å²) in [6, 6.07) is 3.77. The summed E-state index contributed by atoms with van der Waals surface area (Å²) in [6.07, 6.45) is 3.26. The van der Waals surface area contributed by atoms with E-state index in [1.165, 1.54) is 11.2 Å². The van der Waals surface area contributed by atoms with Gasteiger partial charge in [0, 0.05) is 32.9 Å². The second kappa shape index (κ2) is 7.47. The maximum absolute atomic E-state index is 11.7. The van der Waals surface area contributed by atoms with Crippen molar-refractivity contribution in [2.24, 2.45) is 0 Å². The molecule has 0 bridgehead atoms. The molecule has 134 valence electrons. The van der Waals surface area contributed by atoms with Crippen molar-refractivity contribution in [1.29, 1.82) is 0 Å². The van der Waals surface area contributed by atoms with Gasteiger partial charge in [-0.2, -0.15) is 5.10 Å². The molecule has 0 saturated heterocycles. The number of hydrogen-bond acceptors (Lipinski definition) is 7. The van der Waals surface area contributed by atoms with E-state index < -0.39 is 0 Å². The molecule has 3 heterocycles. The van der Waals surface area contributed by atoms with Crippen LogP contribution in [0.2, 0.25) is 0 Å². The standard InChI is InChI=1S/C16H22N6O3/c1-20(2)16(23)10-25-9-13-8-21(7-12-4-5-19-22(12)13)14-6-15(24-3)18-11-17-14/h4-6,11,13H,7-10H2,1-3H3. The quantitative estimate of drug-likeness (QED) is 0.746. The largest absolute Gasteiger partial charge is 0.481 e. The van der Waals surface area contributed by atoms with Crippen LogP contribution in [0.25, 0.3) is 0 Å². The first-order chi connectivity index (χ1) is 12.1. The van der Waals surface area contributed by atoms with Crippen LogP contribution in [0.4, 0.5) is 5.82 Å². The summed E-state index contributed by atoms with van der Waals surface area (Å²) in [5.41, 5.74) is 1.07. The second-order valence-corrected chi connectivity index (χ2v) is 6.02. The van der Waals surface area contributed by atoms with E-state index in [9.17, 15) is 4.79 Å². The monoisotopic (exact) mass is 346 g/mol. The van der Waals surface area contributed by atoms with E-state index in [2.05, 4.69) is 20.0 Å². The van der Waals surface area contributed by atoms with Crippen molar-refractivity contribution in [3.63, 3.8) is 0 Å². The molecule has 1 atom stereocenters. The highest BCUT2D eigenvalue weighted by Crippen LogP contribution is 2.26. The third-order valence-corrected chi connectivity index (χ3v) is 4.08. The van der Waals surface area contributed by atoms with Crippen LogP contribution >= 0.6 is 0 Å². The third-order valence-electron chi connectivity index (χ3n) is 4.08. The number of nitrogens with zero attached hydrogens (tertiary/aromatic N) is 6. The van der Waals surface area contributed by atoms with Crippen molar-refractivity contribution in [3.05, 3.63) is 30.4 Å². The van der Waals surface area contributed by atoms with Crippen LogP contribution in [0.1, 0.15) is 11.7 Å². The fraction of sp³-hybridized carbons (Fsp3) is 0.500. The lowest BCUT2D eigenvalue weighted by Gasteiger charge is -2.34. The molecule has 0 aromatic carbocycles. The van der Waals surface area contributed by atoms with Crippen LogP contribution in [0.15, 0.2) is 24.7 Å². The van der Waals surface area contributed by atoms with Crippen molar-refractivity contribution >= 4 is 11.7 Å². The number of carbonyl (C=O) groups excluding carboxylic acids is 1. The fourth-order valence-corrected chi connectivity index (χ4v) is 2.71. The number of ether oxygens (including phenoxy) is 2. The average molecular weight is 346 g/mol. The number of hydrogen-bond donors (Lipinski definition) is 0. The number of aromatic nitrogens is 4. The van der Waals surface area contributed by atoms with Gasteiger partial charge in [-0.05, 0) is 6.07 Å². The van der Waals surface area contributed by atoms with Crippen molar-refractivity contribution < 1.29 is 14.3 Å². The second-order valence-electron chi connectivity index (χ2n) is 6.02. The maximum Gasteiger partial charge on any atom is 0.248 e. The minimum absolute atomic E-state index is 0.00493. The van der Waals surface area contributed by atoms with Crippen molar-refractivity contribution in [3.8, 4) is 5.88 Å². The lowest BCUT2D eigenvalue weighted by atomic mass is 10.2. The first-order valence-electron chi connectivity index (χ1n) is 7.99. The van der Waals surface area contributed by atoms with E-state index in [0.717, 1.165) is 11.5 Å². The minimum atomic E-state index is -0.0612. The zero-order valence-electron chi connectivity index (χ0n) is 14.6. The van der Waals surface area contributed by atoms with Gasteiger partial charge in [-0.15, -0.1) is 0 Å². The molecule has 0 radical (unpaired) electrons. The van der Waals surface area contributed by atoms with Crippen LogP contribution in [-0.4, -0.2) is 71.5 Å². The SMILES string of the molecule is COc1cc(N2Cc3ccnn3C(COCC(=O)N(C)C)C2)ncn1. The summed E-state index contributed by atoms with van der Waals surface area (Å²) in [4.78, 5) is 23.7. The molecule has 1 unspecified atom stereocenters. The maximum atomic E-state index is 11.7. The highest BCUT2D eigenvalue weighted by Gasteiger charge is 2.27. The van der Waals surface area contributed by atoms with E-state index in [1.54, 1.807) is 33.5 Å². The predicted octanol–water partition coefficient (Wildman–Crippen LogP) is 0.348. The number of rotatable bonds is 6. The minimum Gasteiger partial charge on any atom is -0.481 e. The highest BCUT2D eigenvalue weighted by atomic mass is 16.5. The van der Waals surface area contributed by atoms with E-state index in [-0.39, 0.29) is 18.6 Å². The lowest BCUT2D eigenvalue weighted by Crippen LogP contribution is -2.40. The van der Waals surface area contributed by atoms with Crippen LogP contribution in [0.5, 0.6) is 5.88 Å². The molecule has 1 aliphatic rings.